The lowest BCUT2D eigenvalue weighted by Crippen LogP contribution is -2.32. The Bertz CT molecular complexity index is 1370. The van der Waals surface area contributed by atoms with Gasteiger partial charge in [0.15, 0.2) is 6.61 Å². The molecule has 3 N–H and O–H groups in total. The maximum absolute atomic E-state index is 12.5. The Morgan fingerprint density at radius 3 is 2.38 bits per heavy atom. The Morgan fingerprint density at radius 2 is 1.68 bits per heavy atom. The second kappa shape index (κ2) is 12.7. The lowest BCUT2D eigenvalue weighted by molar-refractivity contribution is -0.136. The van der Waals surface area contributed by atoms with Gasteiger partial charge in [-0.2, -0.15) is 5.10 Å². The highest BCUT2D eigenvalue weighted by atomic mass is 79.9. The molecule has 0 spiro atoms. The van der Waals surface area contributed by atoms with E-state index in [-0.39, 0.29) is 28.2 Å². The lowest BCUT2D eigenvalue weighted by Gasteiger charge is -2.14. The standard InChI is InChI=1S/C26H23BrCl2N4O4/c1-14-9-15(2)24(16(3)10-14)32-22(34)13-37-21-8-7-18(27)11-17(21)12-30-33-26(36)25(35)31-20-6-4-5-19(28)23(20)29/h4-12H,13H2,1-3H3,(H,31,35)(H,32,34)(H,33,36)/b30-12-. The molecule has 0 atom stereocenters. The normalized spacial score (nSPS) is 10.8. The van der Waals surface area contributed by atoms with E-state index in [0.29, 0.717) is 11.3 Å². The van der Waals surface area contributed by atoms with Crippen molar-refractivity contribution in [2.24, 2.45) is 5.10 Å². The second-order valence-electron chi connectivity index (χ2n) is 8.05. The molecule has 3 aromatic rings. The summed E-state index contributed by atoms with van der Waals surface area (Å²) in [5.41, 5.74) is 6.57. The van der Waals surface area contributed by atoms with Crippen molar-refractivity contribution in [3.05, 3.63) is 85.3 Å². The first-order valence-corrected chi connectivity index (χ1v) is 12.5. The molecule has 11 heteroatoms. The number of ether oxygens (including phenoxy) is 1. The Balaban J connectivity index is 1.62. The van der Waals surface area contributed by atoms with Crippen LogP contribution in [0.2, 0.25) is 10.0 Å². The Hall–Kier alpha value is -3.40. The molecular weight excluding hydrogens is 583 g/mol. The zero-order chi connectivity index (χ0) is 27.1. The molecule has 0 aliphatic rings. The molecule has 37 heavy (non-hydrogen) atoms. The highest BCUT2D eigenvalue weighted by Gasteiger charge is 2.16. The van der Waals surface area contributed by atoms with Crippen molar-refractivity contribution >= 4 is 74.4 Å². The van der Waals surface area contributed by atoms with E-state index in [1.54, 1.807) is 30.3 Å². The largest absolute Gasteiger partial charge is 0.483 e. The van der Waals surface area contributed by atoms with Crippen LogP contribution in [0, 0.1) is 20.8 Å². The van der Waals surface area contributed by atoms with E-state index in [1.807, 2.05) is 32.9 Å². The van der Waals surface area contributed by atoms with E-state index in [2.05, 4.69) is 37.1 Å². The molecule has 0 radical (unpaired) electrons. The predicted molar refractivity (Wildman–Crippen MR) is 150 cm³/mol. The molecule has 0 saturated heterocycles. The Labute approximate surface area is 232 Å². The number of rotatable bonds is 7. The molecular formula is C26H23BrCl2N4O4. The zero-order valence-electron chi connectivity index (χ0n) is 20.1. The van der Waals surface area contributed by atoms with Crippen LogP contribution in [-0.2, 0) is 14.4 Å². The number of hydrogen-bond acceptors (Lipinski definition) is 5. The number of halogens is 3. The molecule has 0 heterocycles. The maximum atomic E-state index is 12.5. The molecule has 192 valence electrons. The van der Waals surface area contributed by atoms with Gasteiger partial charge < -0.3 is 15.4 Å². The fraction of sp³-hybridized carbons (Fsp3) is 0.154. The van der Waals surface area contributed by atoms with E-state index in [1.165, 1.54) is 12.3 Å². The first-order chi connectivity index (χ1) is 17.5. The van der Waals surface area contributed by atoms with E-state index in [4.69, 9.17) is 27.9 Å². The average Bonchev–Trinajstić information content (AvgIpc) is 2.83. The summed E-state index contributed by atoms with van der Waals surface area (Å²) in [6.45, 7) is 5.61. The van der Waals surface area contributed by atoms with Crippen molar-refractivity contribution in [1.29, 1.82) is 0 Å². The van der Waals surface area contributed by atoms with Gasteiger partial charge in [0.1, 0.15) is 5.75 Å². The van der Waals surface area contributed by atoms with Crippen LogP contribution in [0.4, 0.5) is 11.4 Å². The van der Waals surface area contributed by atoms with Gasteiger partial charge in [-0.1, -0.05) is 62.9 Å². The highest BCUT2D eigenvalue weighted by Crippen LogP contribution is 2.29. The van der Waals surface area contributed by atoms with Crippen molar-refractivity contribution < 1.29 is 19.1 Å². The van der Waals surface area contributed by atoms with Gasteiger partial charge in [-0.05, 0) is 62.2 Å². The van der Waals surface area contributed by atoms with Gasteiger partial charge in [-0.25, -0.2) is 5.43 Å². The summed E-state index contributed by atoms with van der Waals surface area (Å²) in [4.78, 5) is 36.8. The number of aryl methyl sites for hydroxylation is 3. The Kier molecular flexibility index (Phi) is 9.68. The molecule has 3 amide bonds. The number of carbonyl (C=O) groups excluding carboxylic acids is 3. The minimum Gasteiger partial charge on any atom is -0.483 e. The summed E-state index contributed by atoms with van der Waals surface area (Å²) in [6.07, 6.45) is 1.30. The molecule has 0 aliphatic heterocycles. The Morgan fingerprint density at radius 1 is 0.973 bits per heavy atom. The van der Waals surface area contributed by atoms with E-state index < -0.39 is 11.8 Å². The van der Waals surface area contributed by atoms with Gasteiger partial charge in [-0.3, -0.25) is 14.4 Å². The molecule has 3 aromatic carbocycles. The summed E-state index contributed by atoms with van der Waals surface area (Å²) < 4.78 is 6.41. The highest BCUT2D eigenvalue weighted by molar-refractivity contribution is 9.10. The minimum atomic E-state index is -1.02. The second-order valence-corrected chi connectivity index (χ2v) is 9.75. The number of hydrazone groups is 1. The fourth-order valence-electron chi connectivity index (χ4n) is 3.44. The van der Waals surface area contributed by atoms with Crippen molar-refractivity contribution in [1.82, 2.24) is 5.43 Å². The number of amides is 3. The van der Waals surface area contributed by atoms with Crippen LogP contribution in [0.3, 0.4) is 0 Å². The molecule has 0 unspecified atom stereocenters. The van der Waals surface area contributed by atoms with E-state index >= 15 is 0 Å². The van der Waals surface area contributed by atoms with Crippen molar-refractivity contribution in [3.63, 3.8) is 0 Å². The molecule has 0 aliphatic carbocycles. The molecule has 0 saturated carbocycles. The number of hydrogen-bond donors (Lipinski definition) is 3. The number of carbonyl (C=O) groups is 3. The zero-order valence-corrected chi connectivity index (χ0v) is 23.2. The van der Waals surface area contributed by atoms with Crippen molar-refractivity contribution in [2.75, 3.05) is 17.2 Å². The van der Waals surface area contributed by atoms with Crippen LogP contribution in [0.15, 0.2) is 58.1 Å². The van der Waals surface area contributed by atoms with Crippen LogP contribution in [-0.4, -0.2) is 30.5 Å². The molecule has 0 fully saturated rings. The van der Waals surface area contributed by atoms with Crippen molar-refractivity contribution in [3.8, 4) is 5.75 Å². The summed E-state index contributed by atoms with van der Waals surface area (Å²) in [7, 11) is 0. The number of nitrogens with one attached hydrogen (secondary N) is 3. The first kappa shape index (κ1) is 28.2. The first-order valence-electron chi connectivity index (χ1n) is 10.9. The van der Waals surface area contributed by atoms with Gasteiger partial charge in [0.25, 0.3) is 5.91 Å². The molecule has 8 nitrogen and oxygen atoms in total. The molecule has 3 rings (SSSR count). The minimum absolute atomic E-state index is 0.112. The van der Waals surface area contributed by atoms with Crippen LogP contribution in [0.5, 0.6) is 5.75 Å². The number of anilines is 2. The lowest BCUT2D eigenvalue weighted by atomic mass is 10.1. The maximum Gasteiger partial charge on any atom is 0.329 e. The quantitative estimate of drug-likeness (QED) is 0.180. The van der Waals surface area contributed by atoms with Crippen LogP contribution < -0.4 is 20.8 Å². The van der Waals surface area contributed by atoms with E-state index in [0.717, 1.165) is 26.9 Å². The van der Waals surface area contributed by atoms with Gasteiger partial charge in [0, 0.05) is 15.7 Å². The van der Waals surface area contributed by atoms with Crippen molar-refractivity contribution in [2.45, 2.75) is 20.8 Å². The van der Waals surface area contributed by atoms with Gasteiger partial charge in [0.05, 0.1) is 21.9 Å². The van der Waals surface area contributed by atoms with Crippen LogP contribution >= 0.6 is 39.1 Å². The number of nitrogens with zero attached hydrogens (tertiary/aromatic N) is 1. The number of benzene rings is 3. The topological polar surface area (TPSA) is 109 Å². The summed E-state index contributed by atoms with van der Waals surface area (Å²) >= 11 is 15.3. The third kappa shape index (κ3) is 7.79. The predicted octanol–water partition coefficient (Wildman–Crippen LogP) is 5.79. The SMILES string of the molecule is Cc1cc(C)c(NC(=O)COc2ccc(Br)cc2/C=N\NC(=O)C(=O)Nc2cccc(Cl)c2Cl)c(C)c1. The molecule has 0 bridgehead atoms. The summed E-state index contributed by atoms with van der Waals surface area (Å²) in [5.74, 6) is -1.98. The van der Waals surface area contributed by atoms with Crippen LogP contribution in [0.25, 0.3) is 0 Å². The van der Waals surface area contributed by atoms with E-state index in [9.17, 15) is 14.4 Å². The monoisotopic (exact) mass is 604 g/mol. The summed E-state index contributed by atoms with van der Waals surface area (Å²) in [5, 5.41) is 9.42. The summed E-state index contributed by atoms with van der Waals surface area (Å²) in [6, 6.07) is 13.7. The third-order valence-corrected chi connectivity index (χ3v) is 6.36. The van der Waals surface area contributed by atoms with Gasteiger partial charge >= 0.3 is 11.8 Å². The van der Waals surface area contributed by atoms with Crippen LogP contribution in [0.1, 0.15) is 22.3 Å². The smallest absolute Gasteiger partial charge is 0.329 e. The molecule has 0 aromatic heterocycles. The third-order valence-electron chi connectivity index (χ3n) is 5.05. The fourth-order valence-corrected chi connectivity index (χ4v) is 4.16. The average molecular weight is 606 g/mol. The van der Waals surface area contributed by atoms with Gasteiger partial charge in [0.2, 0.25) is 0 Å². The van der Waals surface area contributed by atoms with Gasteiger partial charge in [-0.15, -0.1) is 0 Å².